The number of amides is 1. The molecule has 208 valence electrons. The molecule has 0 aliphatic carbocycles. The van der Waals surface area contributed by atoms with Gasteiger partial charge in [0.25, 0.3) is 5.91 Å². The monoisotopic (exact) mass is 540 g/mol. The van der Waals surface area contributed by atoms with Crippen molar-refractivity contribution < 1.29 is 19.4 Å². The number of methoxy groups -OCH3 is 1. The lowest BCUT2D eigenvalue weighted by atomic mass is 10.0. The van der Waals surface area contributed by atoms with E-state index in [0.717, 1.165) is 45.5 Å². The number of ketones is 1. The molecule has 4 aromatic rings. The molecule has 1 aliphatic rings. The van der Waals surface area contributed by atoms with Gasteiger partial charge in [-0.2, -0.15) is 0 Å². The van der Waals surface area contributed by atoms with Crippen molar-refractivity contribution in [3.8, 4) is 5.75 Å². The van der Waals surface area contributed by atoms with E-state index in [9.17, 15) is 14.7 Å². The normalized spacial score (nSPS) is 14.3. The van der Waals surface area contributed by atoms with E-state index in [-0.39, 0.29) is 31.3 Å². The number of carbonyl (C=O) groups is 2. The molecule has 1 aromatic heterocycles. The average Bonchev–Trinajstić information content (AvgIpc) is 3.26. The fraction of sp³-hybridized carbons (Fsp3) is 0.312. The number of rotatable bonds is 11. The molecule has 0 fully saturated rings. The SMILES string of the molecule is CCc1ccc2c3c1cc(C(=O)N[C@@H](Cc1ccccc1)[C@H](O)CNCc1cccc(OC)c1)n3CC(=O)CN2. The first-order chi connectivity index (χ1) is 19.5. The Morgan fingerprint density at radius 2 is 1.88 bits per heavy atom. The quantitative estimate of drug-likeness (QED) is 0.231. The van der Waals surface area contributed by atoms with Crippen molar-refractivity contribution in [2.24, 2.45) is 0 Å². The van der Waals surface area contributed by atoms with Gasteiger partial charge < -0.3 is 30.4 Å². The third-order valence-corrected chi connectivity index (χ3v) is 7.47. The van der Waals surface area contributed by atoms with Crippen LogP contribution in [-0.2, 0) is 30.7 Å². The Kier molecular flexibility index (Phi) is 8.48. The topological polar surface area (TPSA) is 105 Å². The molecule has 0 saturated carbocycles. The first-order valence-corrected chi connectivity index (χ1v) is 13.7. The number of ether oxygens (including phenoxy) is 1. The van der Waals surface area contributed by atoms with Gasteiger partial charge in [0.05, 0.1) is 43.5 Å². The van der Waals surface area contributed by atoms with Gasteiger partial charge >= 0.3 is 0 Å². The number of aromatic nitrogens is 1. The number of benzene rings is 3. The van der Waals surface area contributed by atoms with E-state index in [1.807, 2.05) is 77.4 Å². The maximum absolute atomic E-state index is 13.8. The molecule has 8 heteroatoms. The van der Waals surface area contributed by atoms with Crippen LogP contribution in [0.5, 0.6) is 5.75 Å². The van der Waals surface area contributed by atoms with Gasteiger partial charge in [0.2, 0.25) is 0 Å². The fourth-order valence-corrected chi connectivity index (χ4v) is 5.35. The van der Waals surface area contributed by atoms with Crippen molar-refractivity contribution in [2.45, 2.75) is 45.0 Å². The second-order valence-electron chi connectivity index (χ2n) is 10.2. The predicted molar refractivity (Wildman–Crippen MR) is 157 cm³/mol. The van der Waals surface area contributed by atoms with Gasteiger partial charge in [0.1, 0.15) is 11.4 Å². The minimum absolute atomic E-state index is 0.00316. The Morgan fingerprint density at radius 3 is 2.65 bits per heavy atom. The highest BCUT2D eigenvalue weighted by molar-refractivity contribution is 6.05. The van der Waals surface area contributed by atoms with Crippen molar-refractivity contribution in [1.82, 2.24) is 15.2 Å². The van der Waals surface area contributed by atoms with Crippen molar-refractivity contribution >= 4 is 28.3 Å². The number of nitrogens with one attached hydrogen (secondary N) is 3. The van der Waals surface area contributed by atoms with Gasteiger partial charge in [0.15, 0.2) is 5.78 Å². The van der Waals surface area contributed by atoms with Gasteiger partial charge in [-0.1, -0.05) is 55.5 Å². The largest absolute Gasteiger partial charge is 0.497 e. The van der Waals surface area contributed by atoms with Crippen molar-refractivity contribution in [3.63, 3.8) is 0 Å². The molecule has 0 unspecified atom stereocenters. The van der Waals surface area contributed by atoms with Crippen LogP contribution in [-0.4, -0.2) is 53.7 Å². The summed E-state index contributed by atoms with van der Waals surface area (Å²) in [4.78, 5) is 26.4. The van der Waals surface area contributed by atoms with Crippen LogP contribution in [0, 0.1) is 0 Å². The second kappa shape index (κ2) is 12.4. The lowest BCUT2D eigenvalue weighted by Crippen LogP contribution is -2.49. The van der Waals surface area contributed by atoms with E-state index in [1.165, 1.54) is 0 Å². The summed E-state index contributed by atoms with van der Waals surface area (Å²) in [7, 11) is 1.63. The molecule has 0 radical (unpaired) electrons. The standard InChI is InChI=1S/C32H36N4O4/c1-3-23-12-13-27-31-26(23)16-29(36(31)20-24(37)18-34-27)32(39)35-28(15-21-8-5-4-6-9-21)30(38)19-33-17-22-10-7-11-25(14-22)40-2/h4-14,16,28,30,33-34,38H,3,15,17-20H2,1-2H3,(H,35,39)/t28-,30+/m0/s1. The highest BCUT2D eigenvalue weighted by atomic mass is 16.5. The number of Topliss-reactive ketones (excluding diaryl/α,β-unsaturated/α-hetero) is 1. The Bertz CT molecular complexity index is 1500. The number of hydrogen-bond acceptors (Lipinski definition) is 6. The lowest BCUT2D eigenvalue weighted by molar-refractivity contribution is -0.117. The van der Waals surface area contributed by atoms with E-state index in [1.54, 1.807) is 7.11 Å². The Labute approximate surface area is 234 Å². The van der Waals surface area contributed by atoms with Crippen LogP contribution < -0.4 is 20.7 Å². The van der Waals surface area contributed by atoms with Gasteiger partial charge in [-0.25, -0.2) is 0 Å². The van der Waals surface area contributed by atoms with Gasteiger partial charge in [0, 0.05) is 18.5 Å². The first kappa shape index (κ1) is 27.4. The molecular formula is C32H36N4O4. The zero-order chi connectivity index (χ0) is 28.1. The molecule has 5 rings (SSSR count). The summed E-state index contributed by atoms with van der Waals surface area (Å²) in [5.41, 5.74) is 5.29. The minimum atomic E-state index is -0.853. The number of aliphatic hydroxyl groups excluding tert-OH is 1. The summed E-state index contributed by atoms with van der Waals surface area (Å²) < 4.78 is 7.12. The van der Waals surface area contributed by atoms with E-state index in [2.05, 4.69) is 22.9 Å². The highest BCUT2D eigenvalue weighted by Gasteiger charge is 2.27. The zero-order valence-electron chi connectivity index (χ0n) is 22.9. The summed E-state index contributed by atoms with van der Waals surface area (Å²) in [6.07, 6.45) is 0.415. The molecule has 0 saturated heterocycles. The summed E-state index contributed by atoms with van der Waals surface area (Å²) in [5.74, 6) is 0.464. The van der Waals surface area contributed by atoms with E-state index in [0.29, 0.717) is 18.7 Å². The second-order valence-corrected chi connectivity index (χ2v) is 10.2. The third kappa shape index (κ3) is 6.03. The summed E-state index contributed by atoms with van der Waals surface area (Å²) in [6.45, 7) is 3.25. The molecule has 3 aromatic carbocycles. The molecular weight excluding hydrogens is 504 g/mol. The molecule has 0 bridgehead atoms. The molecule has 8 nitrogen and oxygen atoms in total. The molecule has 0 spiro atoms. The highest BCUT2D eigenvalue weighted by Crippen LogP contribution is 2.32. The van der Waals surface area contributed by atoms with Crippen LogP contribution in [0.3, 0.4) is 0 Å². The molecule has 2 atom stereocenters. The third-order valence-electron chi connectivity index (χ3n) is 7.47. The van der Waals surface area contributed by atoms with E-state index < -0.39 is 12.1 Å². The van der Waals surface area contributed by atoms with E-state index in [4.69, 9.17) is 4.74 Å². The van der Waals surface area contributed by atoms with Crippen molar-refractivity contribution in [1.29, 1.82) is 0 Å². The van der Waals surface area contributed by atoms with Gasteiger partial charge in [-0.3, -0.25) is 9.59 Å². The number of anilines is 1. The van der Waals surface area contributed by atoms with Crippen molar-refractivity contribution in [3.05, 3.63) is 95.2 Å². The number of aliphatic hydroxyl groups is 1. The zero-order valence-corrected chi connectivity index (χ0v) is 22.9. The maximum Gasteiger partial charge on any atom is 0.268 e. The summed E-state index contributed by atoms with van der Waals surface area (Å²) in [6, 6.07) is 22.9. The maximum atomic E-state index is 13.8. The van der Waals surface area contributed by atoms with Crippen LogP contribution in [0.1, 0.15) is 34.1 Å². The lowest BCUT2D eigenvalue weighted by Gasteiger charge is -2.25. The van der Waals surface area contributed by atoms with Crippen molar-refractivity contribution in [2.75, 3.05) is 25.5 Å². The number of nitrogens with zero attached hydrogens (tertiary/aromatic N) is 1. The Balaban J connectivity index is 1.38. The first-order valence-electron chi connectivity index (χ1n) is 13.7. The fourth-order valence-electron chi connectivity index (χ4n) is 5.35. The number of aryl methyl sites for hydroxylation is 1. The van der Waals surface area contributed by atoms with Crippen LogP contribution >= 0.6 is 0 Å². The molecule has 1 amide bonds. The van der Waals surface area contributed by atoms with Crippen LogP contribution in [0.2, 0.25) is 0 Å². The molecule has 4 N–H and O–H groups in total. The minimum Gasteiger partial charge on any atom is -0.497 e. The summed E-state index contributed by atoms with van der Waals surface area (Å²) in [5, 5.41) is 21.9. The van der Waals surface area contributed by atoms with Crippen LogP contribution in [0.25, 0.3) is 10.9 Å². The molecule has 1 aliphatic heterocycles. The smallest absolute Gasteiger partial charge is 0.268 e. The van der Waals surface area contributed by atoms with Gasteiger partial charge in [-0.15, -0.1) is 0 Å². The van der Waals surface area contributed by atoms with Gasteiger partial charge in [-0.05, 0) is 53.8 Å². The number of hydrogen-bond donors (Lipinski definition) is 4. The summed E-state index contributed by atoms with van der Waals surface area (Å²) >= 11 is 0. The Morgan fingerprint density at radius 1 is 1.07 bits per heavy atom. The van der Waals surface area contributed by atoms with Crippen LogP contribution in [0.15, 0.2) is 72.8 Å². The predicted octanol–water partition coefficient (Wildman–Crippen LogP) is 3.70. The number of carbonyl (C=O) groups excluding carboxylic acids is 2. The Hall–Kier alpha value is -4.14. The van der Waals surface area contributed by atoms with Crippen LogP contribution in [0.4, 0.5) is 5.69 Å². The van der Waals surface area contributed by atoms with E-state index >= 15 is 0 Å². The molecule has 2 heterocycles. The molecule has 40 heavy (non-hydrogen) atoms. The average molecular weight is 541 g/mol.